The molecule has 114 valence electrons. The van der Waals surface area contributed by atoms with Crippen LogP contribution in [0.3, 0.4) is 0 Å². The quantitative estimate of drug-likeness (QED) is 0.792. The molecule has 21 heavy (non-hydrogen) atoms. The van der Waals surface area contributed by atoms with Crippen molar-refractivity contribution < 1.29 is 4.74 Å². The van der Waals surface area contributed by atoms with Gasteiger partial charge in [0.2, 0.25) is 0 Å². The van der Waals surface area contributed by atoms with Crippen LogP contribution in [0.5, 0.6) is 5.75 Å². The SMILES string of the molecule is Cc1cc(C(C)(C)C)ccc1OCCNCc1cccs1. The lowest BCUT2D eigenvalue weighted by atomic mass is 9.86. The maximum absolute atomic E-state index is 5.86. The van der Waals surface area contributed by atoms with Gasteiger partial charge >= 0.3 is 0 Å². The highest BCUT2D eigenvalue weighted by Gasteiger charge is 2.14. The first-order valence-electron chi connectivity index (χ1n) is 7.44. The van der Waals surface area contributed by atoms with Crippen molar-refractivity contribution in [2.24, 2.45) is 0 Å². The molecular weight excluding hydrogens is 278 g/mol. The Balaban J connectivity index is 1.78. The van der Waals surface area contributed by atoms with Gasteiger partial charge < -0.3 is 10.1 Å². The molecule has 0 bridgehead atoms. The first-order valence-corrected chi connectivity index (χ1v) is 8.32. The van der Waals surface area contributed by atoms with Crippen LogP contribution in [0.15, 0.2) is 35.7 Å². The fraction of sp³-hybridized carbons (Fsp3) is 0.444. The highest BCUT2D eigenvalue weighted by atomic mass is 32.1. The van der Waals surface area contributed by atoms with Crippen molar-refractivity contribution in [2.45, 2.75) is 39.7 Å². The van der Waals surface area contributed by atoms with E-state index in [2.05, 4.69) is 68.7 Å². The van der Waals surface area contributed by atoms with Gasteiger partial charge in [-0.05, 0) is 41.0 Å². The molecule has 0 atom stereocenters. The zero-order valence-corrected chi connectivity index (χ0v) is 14.2. The summed E-state index contributed by atoms with van der Waals surface area (Å²) in [4.78, 5) is 1.36. The van der Waals surface area contributed by atoms with Crippen molar-refractivity contribution in [3.8, 4) is 5.75 Å². The van der Waals surface area contributed by atoms with Crippen molar-refractivity contribution in [3.63, 3.8) is 0 Å². The number of thiophene rings is 1. The van der Waals surface area contributed by atoms with Crippen LogP contribution in [0, 0.1) is 6.92 Å². The molecule has 2 nitrogen and oxygen atoms in total. The zero-order chi connectivity index (χ0) is 15.3. The summed E-state index contributed by atoms with van der Waals surface area (Å²) < 4.78 is 5.86. The van der Waals surface area contributed by atoms with Crippen LogP contribution in [0.1, 0.15) is 36.8 Å². The van der Waals surface area contributed by atoms with Gasteiger partial charge in [-0.25, -0.2) is 0 Å². The van der Waals surface area contributed by atoms with Crippen LogP contribution in [0.25, 0.3) is 0 Å². The van der Waals surface area contributed by atoms with Crippen molar-refractivity contribution in [3.05, 3.63) is 51.7 Å². The van der Waals surface area contributed by atoms with Crippen molar-refractivity contribution in [1.82, 2.24) is 5.32 Å². The Morgan fingerprint density at radius 2 is 2.00 bits per heavy atom. The predicted molar refractivity (Wildman–Crippen MR) is 91.4 cm³/mol. The molecule has 0 aliphatic carbocycles. The highest BCUT2D eigenvalue weighted by molar-refractivity contribution is 7.09. The van der Waals surface area contributed by atoms with E-state index in [4.69, 9.17) is 4.74 Å². The summed E-state index contributed by atoms with van der Waals surface area (Å²) in [6, 6.07) is 10.7. The Labute approximate surface area is 132 Å². The van der Waals surface area contributed by atoms with E-state index in [9.17, 15) is 0 Å². The van der Waals surface area contributed by atoms with E-state index in [1.54, 1.807) is 11.3 Å². The fourth-order valence-corrected chi connectivity index (χ4v) is 2.81. The van der Waals surface area contributed by atoms with Gasteiger partial charge in [0, 0.05) is 18.0 Å². The smallest absolute Gasteiger partial charge is 0.122 e. The fourth-order valence-electron chi connectivity index (χ4n) is 2.14. The number of rotatable bonds is 6. The second-order valence-electron chi connectivity index (χ2n) is 6.33. The number of nitrogens with one attached hydrogen (secondary N) is 1. The predicted octanol–water partition coefficient (Wildman–Crippen LogP) is 4.52. The molecule has 0 unspecified atom stereocenters. The molecule has 2 rings (SSSR count). The molecule has 0 spiro atoms. The molecule has 0 saturated heterocycles. The third-order valence-electron chi connectivity index (χ3n) is 3.46. The largest absolute Gasteiger partial charge is 0.492 e. The first kappa shape index (κ1) is 16.1. The maximum Gasteiger partial charge on any atom is 0.122 e. The molecule has 0 amide bonds. The van der Waals surface area contributed by atoms with Crippen LogP contribution in [-0.4, -0.2) is 13.2 Å². The van der Waals surface area contributed by atoms with Crippen LogP contribution in [0.2, 0.25) is 0 Å². The van der Waals surface area contributed by atoms with Gasteiger partial charge in [0.15, 0.2) is 0 Å². The number of aryl methyl sites for hydroxylation is 1. The van der Waals surface area contributed by atoms with Gasteiger partial charge in [-0.3, -0.25) is 0 Å². The van der Waals surface area contributed by atoms with Gasteiger partial charge in [-0.1, -0.05) is 39.0 Å². The molecule has 3 heteroatoms. The molecule has 1 aromatic carbocycles. The molecule has 0 radical (unpaired) electrons. The van der Waals surface area contributed by atoms with Gasteiger partial charge in [-0.2, -0.15) is 0 Å². The molecule has 0 saturated carbocycles. The summed E-state index contributed by atoms with van der Waals surface area (Å²) in [6.45, 7) is 11.3. The first-order chi connectivity index (χ1) is 9.97. The summed E-state index contributed by atoms with van der Waals surface area (Å²) >= 11 is 1.78. The number of hydrogen-bond donors (Lipinski definition) is 1. The monoisotopic (exact) mass is 303 g/mol. The van der Waals surface area contributed by atoms with E-state index in [1.807, 2.05) is 0 Å². The summed E-state index contributed by atoms with van der Waals surface area (Å²) in [7, 11) is 0. The van der Waals surface area contributed by atoms with Crippen LogP contribution < -0.4 is 10.1 Å². The van der Waals surface area contributed by atoms with Crippen LogP contribution >= 0.6 is 11.3 Å². The minimum atomic E-state index is 0.186. The topological polar surface area (TPSA) is 21.3 Å². The Kier molecular flexibility index (Phi) is 5.43. The maximum atomic E-state index is 5.86. The molecule has 1 heterocycles. The zero-order valence-electron chi connectivity index (χ0n) is 13.4. The van der Waals surface area contributed by atoms with Gasteiger partial charge in [-0.15, -0.1) is 11.3 Å². The third-order valence-corrected chi connectivity index (χ3v) is 4.33. The van der Waals surface area contributed by atoms with Crippen LogP contribution in [-0.2, 0) is 12.0 Å². The number of ether oxygens (including phenoxy) is 1. The summed E-state index contributed by atoms with van der Waals surface area (Å²) in [6.07, 6.45) is 0. The molecule has 2 aromatic rings. The van der Waals surface area contributed by atoms with Gasteiger partial charge in [0.1, 0.15) is 12.4 Å². The lowest BCUT2D eigenvalue weighted by molar-refractivity contribution is 0.311. The average molecular weight is 303 g/mol. The van der Waals surface area contributed by atoms with Gasteiger partial charge in [0.25, 0.3) is 0 Å². The Hall–Kier alpha value is -1.32. The van der Waals surface area contributed by atoms with E-state index in [0.717, 1.165) is 18.8 Å². The highest BCUT2D eigenvalue weighted by Crippen LogP contribution is 2.27. The number of hydrogen-bond acceptors (Lipinski definition) is 3. The van der Waals surface area contributed by atoms with Crippen molar-refractivity contribution in [2.75, 3.05) is 13.2 Å². The Bertz CT molecular complexity index is 555. The molecular formula is C18H25NOS. The molecule has 0 fully saturated rings. The summed E-state index contributed by atoms with van der Waals surface area (Å²) in [5.74, 6) is 0.987. The van der Waals surface area contributed by atoms with E-state index < -0.39 is 0 Å². The lowest BCUT2D eigenvalue weighted by Gasteiger charge is -2.20. The Morgan fingerprint density at radius 1 is 1.19 bits per heavy atom. The molecule has 1 N–H and O–H groups in total. The normalized spacial score (nSPS) is 11.6. The number of benzene rings is 1. The van der Waals surface area contributed by atoms with E-state index >= 15 is 0 Å². The lowest BCUT2D eigenvalue weighted by Crippen LogP contribution is -2.20. The van der Waals surface area contributed by atoms with Crippen molar-refractivity contribution >= 4 is 11.3 Å². The standard InChI is InChI=1S/C18H25NOS/c1-14-12-15(18(2,3)4)7-8-17(14)20-10-9-19-13-16-6-5-11-21-16/h5-8,11-12,19H,9-10,13H2,1-4H3. The summed E-state index contributed by atoms with van der Waals surface area (Å²) in [5, 5.41) is 5.50. The molecule has 0 aliphatic heterocycles. The van der Waals surface area contributed by atoms with Crippen LogP contribution in [0.4, 0.5) is 0 Å². The molecule has 1 aromatic heterocycles. The minimum Gasteiger partial charge on any atom is -0.492 e. The van der Waals surface area contributed by atoms with E-state index in [0.29, 0.717) is 6.61 Å². The third kappa shape index (κ3) is 4.87. The van der Waals surface area contributed by atoms with Gasteiger partial charge in [0.05, 0.1) is 0 Å². The van der Waals surface area contributed by atoms with E-state index in [1.165, 1.54) is 16.0 Å². The Morgan fingerprint density at radius 3 is 2.62 bits per heavy atom. The second kappa shape index (κ2) is 7.10. The van der Waals surface area contributed by atoms with E-state index in [-0.39, 0.29) is 5.41 Å². The average Bonchev–Trinajstić information content (AvgIpc) is 2.92. The van der Waals surface area contributed by atoms with Crippen molar-refractivity contribution in [1.29, 1.82) is 0 Å². The summed E-state index contributed by atoms with van der Waals surface area (Å²) in [5.41, 5.74) is 2.75. The minimum absolute atomic E-state index is 0.186. The molecule has 0 aliphatic rings. The second-order valence-corrected chi connectivity index (χ2v) is 7.37.